The number of fused-ring (bicyclic) bond motifs is 1. The number of methoxy groups -OCH3 is 2. The second-order valence-electron chi connectivity index (χ2n) is 8.62. The molecule has 9 heteroatoms. The summed E-state index contributed by atoms with van der Waals surface area (Å²) in [7, 11) is 2.94. The zero-order valence-corrected chi connectivity index (χ0v) is 21.0. The molecule has 0 bridgehead atoms. The Morgan fingerprint density at radius 2 is 1.65 bits per heavy atom. The van der Waals surface area contributed by atoms with E-state index in [4.69, 9.17) is 21.1 Å². The van der Waals surface area contributed by atoms with Crippen molar-refractivity contribution in [3.63, 3.8) is 0 Å². The van der Waals surface area contributed by atoms with Gasteiger partial charge in [0.2, 0.25) is 0 Å². The van der Waals surface area contributed by atoms with E-state index >= 15 is 0 Å². The van der Waals surface area contributed by atoms with Crippen molar-refractivity contribution in [2.45, 2.75) is 13.0 Å². The Morgan fingerprint density at radius 1 is 0.919 bits per heavy atom. The fourth-order valence-corrected chi connectivity index (χ4v) is 4.70. The third-order valence-corrected chi connectivity index (χ3v) is 6.82. The number of imide groups is 1. The molecule has 8 nitrogen and oxygen atoms in total. The largest absolute Gasteiger partial charge is 0.497 e. The van der Waals surface area contributed by atoms with Crippen molar-refractivity contribution < 1.29 is 23.9 Å². The predicted molar refractivity (Wildman–Crippen MR) is 140 cm³/mol. The molecule has 188 valence electrons. The molecule has 2 heterocycles. The first-order valence-electron chi connectivity index (χ1n) is 11.6. The number of benzene rings is 3. The number of rotatable bonds is 6. The molecule has 0 spiro atoms. The quantitative estimate of drug-likeness (QED) is 0.489. The lowest BCUT2D eigenvalue weighted by atomic mass is 9.99. The van der Waals surface area contributed by atoms with Gasteiger partial charge in [0.05, 0.1) is 19.9 Å². The molecule has 0 aliphatic carbocycles. The summed E-state index contributed by atoms with van der Waals surface area (Å²) in [6.45, 7) is 1.22. The fraction of sp³-hybridized carbons (Fsp3) is 0.179. The van der Waals surface area contributed by atoms with Gasteiger partial charge in [-0.2, -0.15) is 0 Å². The third-order valence-electron chi connectivity index (χ3n) is 6.47. The van der Waals surface area contributed by atoms with Crippen LogP contribution >= 0.6 is 11.6 Å². The first kappa shape index (κ1) is 24.4. The number of amides is 3. The highest BCUT2D eigenvalue weighted by Gasteiger charge is 2.40. The summed E-state index contributed by atoms with van der Waals surface area (Å²) in [5.41, 5.74) is 3.66. The van der Waals surface area contributed by atoms with Crippen molar-refractivity contribution in [3.8, 4) is 11.5 Å². The van der Waals surface area contributed by atoms with Crippen molar-refractivity contribution in [1.82, 2.24) is 4.90 Å². The van der Waals surface area contributed by atoms with E-state index in [0.717, 1.165) is 16.9 Å². The van der Waals surface area contributed by atoms with Gasteiger partial charge in [0.15, 0.2) is 0 Å². The standard InChI is InChI=1S/C28H24ClN3O5/c1-36-21-11-12-22(23(15-21)37-2)32-27(34)24(29)25(28(32)35)30-20-9-7-18(8-10-20)26(33)31-14-13-17-5-3-4-6-19(17)16-31/h3-12,15,30H,13-14,16H2,1-2H3. The highest BCUT2D eigenvalue weighted by Crippen LogP contribution is 2.37. The molecule has 0 saturated carbocycles. The first-order chi connectivity index (χ1) is 17.9. The van der Waals surface area contributed by atoms with Gasteiger partial charge in [-0.15, -0.1) is 0 Å². The number of nitrogens with one attached hydrogen (secondary N) is 1. The lowest BCUT2D eigenvalue weighted by Crippen LogP contribution is -2.35. The SMILES string of the molecule is COc1ccc(N2C(=O)C(Cl)=C(Nc3ccc(C(=O)N4CCc5ccccc5C4)cc3)C2=O)c(OC)c1. The highest BCUT2D eigenvalue weighted by molar-refractivity contribution is 6.53. The topological polar surface area (TPSA) is 88.2 Å². The minimum atomic E-state index is -0.671. The van der Waals surface area contributed by atoms with Crippen molar-refractivity contribution in [3.05, 3.63) is 94.1 Å². The van der Waals surface area contributed by atoms with Gasteiger partial charge >= 0.3 is 0 Å². The Balaban J connectivity index is 1.31. The van der Waals surface area contributed by atoms with Gasteiger partial charge in [-0.1, -0.05) is 35.9 Å². The van der Waals surface area contributed by atoms with Crippen LogP contribution in [0.3, 0.4) is 0 Å². The van der Waals surface area contributed by atoms with Crippen LogP contribution in [0.5, 0.6) is 11.5 Å². The van der Waals surface area contributed by atoms with Gasteiger partial charge in [-0.05, 0) is 53.9 Å². The van der Waals surface area contributed by atoms with Crippen LogP contribution in [0.25, 0.3) is 0 Å². The number of hydrogen-bond donors (Lipinski definition) is 1. The van der Waals surface area contributed by atoms with Crippen LogP contribution in [0.2, 0.25) is 0 Å². The lowest BCUT2D eigenvalue weighted by Gasteiger charge is -2.29. The van der Waals surface area contributed by atoms with Gasteiger partial charge < -0.3 is 19.7 Å². The van der Waals surface area contributed by atoms with Crippen LogP contribution in [0.4, 0.5) is 11.4 Å². The van der Waals surface area contributed by atoms with E-state index in [9.17, 15) is 14.4 Å². The van der Waals surface area contributed by atoms with E-state index in [1.165, 1.54) is 19.8 Å². The van der Waals surface area contributed by atoms with E-state index in [1.54, 1.807) is 42.5 Å². The third kappa shape index (κ3) is 4.51. The Kier molecular flexibility index (Phi) is 6.58. The van der Waals surface area contributed by atoms with Crippen molar-refractivity contribution >= 4 is 40.7 Å². The van der Waals surface area contributed by atoms with Crippen molar-refractivity contribution in [2.75, 3.05) is 31.0 Å². The summed E-state index contributed by atoms with van der Waals surface area (Å²) in [5.74, 6) is -0.556. The lowest BCUT2D eigenvalue weighted by molar-refractivity contribution is -0.120. The van der Waals surface area contributed by atoms with Crippen LogP contribution in [-0.4, -0.2) is 43.4 Å². The van der Waals surface area contributed by atoms with Gasteiger partial charge in [0, 0.05) is 30.4 Å². The fourth-order valence-electron chi connectivity index (χ4n) is 4.49. The Morgan fingerprint density at radius 3 is 2.35 bits per heavy atom. The molecule has 1 N–H and O–H groups in total. The molecule has 0 radical (unpaired) electrons. The second kappa shape index (κ2) is 9.99. The molecule has 0 atom stereocenters. The van der Waals surface area contributed by atoms with Gasteiger partial charge in [0.1, 0.15) is 22.2 Å². The molecule has 0 aromatic heterocycles. The van der Waals surface area contributed by atoms with Crippen molar-refractivity contribution in [2.24, 2.45) is 0 Å². The molecule has 2 aliphatic heterocycles. The number of ether oxygens (including phenoxy) is 2. The van der Waals surface area contributed by atoms with E-state index in [-0.39, 0.29) is 28.1 Å². The molecular weight excluding hydrogens is 494 g/mol. The molecular formula is C28H24ClN3O5. The molecule has 0 fully saturated rings. The number of carbonyl (C=O) groups is 3. The van der Waals surface area contributed by atoms with E-state index in [0.29, 0.717) is 30.1 Å². The maximum absolute atomic E-state index is 13.2. The van der Waals surface area contributed by atoms with Crippen LogP contribution < -0.4 is 19.7 Å². The number of nitrogens with zero attached hydrogens (tertiary/aromatic N) is 2. The molecule has 5 rings (SSSR count). The summed E-state index contributed by atoms with van der Waals surface area (Å²) < 4.78 is 10.5. The summed E-state index contributed by atoms with van der Waals surface area (Å²) in [6.07, 6.45) is 0.819. The molecule has 3 aromatic rings. The van der Waals surface area contributed by atoms with Gasteiger partial charge in [-0.25, -0.2) is 4.90 Å². The summed E-state index contributed by atoms with van der Waals surface area (Å²) in [6, 6.07) is 19.6. The normalized spacial score (nSPS) is 15.1. The zero-order chi connectivity index (χ0) is 26.1. The van der Waals surface area contributed by atoms with Crippen LogP contribution in [0.1, 0.15) is 21.5 Å². The molecule has 3 amide bonds. The molecule has 2 aliphatic rings. The summed E-state index contributed by atoms with van der Waals surface area (Å²) in [5, 5.41) is 2.69. The zero-order valence-electron chi connectivity index (χ0n) is 20.3. The number of hydrogen-bond acceptors (Lipinski definition) is 6. The minimum absolute atomic E-state index is 0.0590. The van der Waals surface area contributed by atoms with Crippen LogP contribution in [0, 0.1) is 0 Å². The Bertz CT molecular complexity index is 1430. The maximum atomic E-state index is 13.2. The summed E-state index contributed by atoms with van der Waals surface area (Å²) >= 11 is 6.28. The first-order valence-corrected chi connectivity index (χ1v) is 12.0. The predicted octanol–water partition coefficient (Wildman–Crippen LogP) is 4.34. The number of carbonyl (C=O) groups excluding carboxylic acids is 3. The summed E-state index contributed by atoms with van der Waals surface area (Å²) in [4.78, 5) is 41.9. The Labute approximate surface area is 219 Å². The van der Waals surface area contributed by atoms with Crippen LogP contribution in [0.15, 0.2) is 77.5 Å². The number of halogens is 1. The Hall–Kier alpha value is -4.30. The second-order valence-corrected chi connectivity index (χ2v) is 9.00. The molecule has 3 aromatic carbocycles. The van der Waals surface area contributed by atoms with Gasteiger partial charge in [-0.3, -0.25) is 14.4 Å². The van der Waals surface area contributed by atoms with E-state index in [2.05, 4.69) is 11.4 Å². The highest BCUT2D eigenvalue weighted by atomic mass is 35.5. The monoisotopic (exact) mass is 517 g/mol. The minimum Gasteiger partial charge on any atom is -0.497 e. The maximum Gasteiger partial charge on any atom is 0.283 e. The molecule has 0 unspecified atom stereocenters. The average Bonchev–Trinajstić information content (AvgIpc) is 3.15. The van der Waals surface area contributed by atoms with E-state index < -0.39 is 11.8 Å². The van der Waals surface area contributed by atoms with Crippen molar-refractivity contribution in [1.29, 1.82) is 0 Å². The molecule has 37 heavy (non-hydrogen) atoms. The van der Waals surface area contributed by atoms with Crippen LogP contribution in [-0.2, 0) is 22.6 Å². The van der Waals surface area contributed by atoms with E-state index in [1.807, 2.05) is 23.1 Å². The smallest absolute Gasteiger partial charge is 0.283 e. The molecule has 0 saturated heterocycles. The number of anilines is 2. The average molecular weight is 518 g/mol. The van der Waals surface area contributed by atoms with Gasteiger partial charge in [0.25, 0.3) is 17.7 Å².